The van der Waals surface area contributed by atoms with Crippen LogP contribution in [0.3, 0.4) is 0 Å². The second-order valence-electron chi connectivity index (χ2n) is 4.23. The lowest BCUT2D eigenvalue weighted by molar-refractivity contribution is 0.185. The fourth-order valence-electron chi connectivity index (χ4n) is 1.46. The SMILES string of the molecule is CCCCOc1ccc(CC[C@H](C)O)cc1. The molecule has 0 aliphatic rings. The first kappa shape index (κ1) is 13.0. The van der Waals surface area contributed by atoms with Crippen LogP contribution in [0.5, 0.6) is 5.75 Å². The van der Waals surface area contributed by atoms with Gasteiger partial charge in [0.05, 0.1) is 12.7 Å². The zero-order chi connectivity index (χ0) is 11.8. The number of ether oxygens (including phenoxy) is 1. The van der Waals surface area contributed by atoms with Gasteiger partial charge in [-0.3, -0.25) is 0 Å². The molecule has 0 amide bonds. The first-order valence-corrected chi connectivity index (χ1v) is 6.12. The maximum Gasteiger partial charge on any atom is 0.119 e. The maximum absolute atomic E-state index is 9.19. The lowest BCUT2D eigenvalue weighted by Crippen LogP contribution is -2.01. The van der Waals surface area contributed by atoms with E-state index in [1.54, 1.807) is 0 Å². The van der Waals surface area contributed by atoms with Gasteiger partial charge in [-0.15, -0.1) is 0 Å². The van der Waals surface area contributed by atoms with Gasteiger partial charge >= 0.3 is 0 Å². The Kier molecular flexibility index (Phi) is 5.94. The Balaban J connectivity index is 2.35. The van der Waals surface area contributed by atoms with Crippen LogP contribution >= 0.6 is 0 Å². The fourth-order valence-corrected chi connectivity index (χ4v) is 1.46. The van der Waals surface area contributed by atoms with E-state index in [9.17, 15) is 5.11 Å². The number of rotatable bonds is 7. The van der Waals surface area contributed by atoms with Gasteiger partial charge in [-0.2, -0.15) is 0 Å². The number of unbranched alkanes of at least 4 members (excludes halogenated alkanes) is 1. The second-order valence-corrected chi connectivity index (χ2v) is 4.23. The van der Waals surface area contributed by atoms with Gasteiger partial charge in [0.25, 0.3) is 0 Å². The van der Waals surface area contributed by atoms with Gasteiger partial charge in [0, 0.05) is 0 Å². The minimum atomic E-state index is -0.222. The highest BCUT2D eigenvalue weighted by molar-refractivity contribution is 5.27. The van der Waals surface area contributed by atoms with E-state index in [0.717, 1.165) is 38.0 Å². The fraction of sp³-hybridized carbons (Fsp3) is 0.571. The molecule has 1 N–H and O–H groups in total. The summed E-state index contributed by atoms with van der Waals surface area (Å²) in [6.07, 6.45) is 3.78. The molecule has 0 saturated carbocycles. The molecule has 0 spiro atoms. The molecule has 0 saturated heterocycles. The van der Waals surface area contributed by atoms with Crippen molar-refractivity contribution in [1.29, 1.82) is 0 Å². The first-order valence-electron chi connectivity index (χ1n) is 6.12. The van der Waals surface area contributed by atoms with Gasteiger partial charge < -0.3 is 9.84 Å². The van der Waals surface area contributed by atoms with Crippen molar-refractivity contribution >= 4 is 0 Å². The van der Waals surface area contributed by atoms with E-state index in [4.69, 9.17) is 4.74 Å². The number of aliphatic hydroxyl groups is 1. The van der Waals surface area contributed by atoms with E-state index < -0.39 is 0 Å². The molecule has 90 valence electrons. The zero-order valence-corrected chi connectivity index (χ0v) is 10.3. The van der Waals surface area contributed by atoms with Gasteiger partial charge in [-0.05, 0) is 43.9 Å². The van der Waals surface area contributed by atoms with Crippen LogP contribution in [0.1, 0.15) is 38.7 Å². The molecule has 16 heavy (non-hydrogen) atoms. The standard InChI is InChI=1S/C14H22O2/c1-3-4-11-16-14-9-7-13(8-10-14)6-5-12(2)15/h7-10,12,15H,3-6,11H2,1-2H3/t12-/m0/s1. The molecule has 0 unspecified atom stereocenters. The average molecular weight is 222 g/mol. The zero-order valence-electron chi connectivity index (χ0n) is 10.3. The molecule has 0 aliphatic heterocycles. The summed E-state index contributed by atoms with van der Waals surface area (Å²) in [5, 5.41) is 9.19. The molecule has 1 rings (SSSR count). The van der Waals surface area contributed by atoms with E-state index in [1.165, 1.54) is 5.56 Å². The van der Waals surface area contributed by atoms with Crippen LogP contribution in [0.2, 0.25) is 0 Å². The summed E-state index contributed by atoms with van der Waals surface area (Å²) in [5.41, 5.74) is 1.25. The molecule has 2 heteroatoms. The first-order chi connectivity index (χ1) is 7.72. The van der Waals surface area contributed by atoms with Crippen LogP contribution < -0.4 is 4.74 Å². The van der Waals surface area contributed by atoms with E-state index in [1.807, 2.05) is 19.1 Å². The molecule has 2 nitrogen and oxygen atoms in total. The maximum atomic E-state index is 9.19. The van der Waals surface area contributed by atoms with E-state index >= 15 is 0 Å². The quantitative estimate of drug-likeness (QED) is 0.718. The van der Waals surface area contributed by atoms with Crippen molar-refractivity contribution in [3.05, 3.63) is 29.8 Å². The van der Waals surface area contributed by atoms with Crippen LogP contribution in [0, 0.1) is 0 Å². The van der Waals surface area contributed by atoms with Crippen molar-refractivity contribution in [3.8, 4) is 5.75 Å². The highest BCUT2D eigenvalue weighted by Crippen LogP contribution is 2.14. The van der Waals surface area contributed by atoms with Crippen molar-refractivity contribution in [2.75, 3.05) is 6.61 Å². The summed E-state index contributed by atoms with van der Waals surface area (Å²) in [6.45, 7) is 4.77. The molecule has 1 aromatic rings. The average Bonchev–Trinajstić information content (AvgIpc) is 2.28. The van der Waals surface area contributed by atoms with Crippen LogP contribution in [-0.4, -0.2) is 17.8 Å². The monoisotopic (exact) mass is 222 g/mol. The third kappa shape index (κ3) is 5.17. The summed E-state index contributed by atoms with van der Waals surface area (Å²) in [7, 11) is 0. The Morgan fingerprint density at radius 2 is 1.94 bits per heavy atom. The lowest BCUT2D eigenvalue weighted by Gasteiger charge is -2.07. The van der Waals surface area contributed by atoms with Crippen molar-refractivity contribution in [3.63, 3.8) is 0 Å². The molecule has 0 radical (unpaired) electrons. The molecule has 0 bridgehead atoms. The molecule has 0 heterocycles. The number of hydrogen-bond acceptors (Lipinski definition) is 2. The molecule has 0 fully saturated rings. The van der Waals surface area contributed by atoms with E-state index in [-0.39, 0.29) is 6.10 Å². The van der Waals surface area contributed by atoms with Crippen LogP contribution in [-0.2, 0) is 6.42 Å². The van der Waals surface area contributed by atoms with Crippen LogP contribution in [0.15, 0.2) is 24.3 Å². The van der Waals surface area contributed by atoms with Crippen molar-refractivity contribution in [2.24, 2.45) is 0 Å². The molecule has 1 aromatic carbocycles. The Labute approximate surface area is 98.3 Å². The van der Waals surface area contributed by atoms with Gasteiger partial charge in [-0.25, -0.2) is 0 Å². The molecule has 1 atom stereocenters. The number of aliphatic hydroxyl groups excluding tert-OH is 1. The van der Waals surface area contributed by atoms with Gasteiger partial charge in [0.2, 0.25) is 0 Å². The Morgan fingerprint density at radius 1 is 1.25 bits per heavy atom. The lowest BCUT2D eigenvalue weighted by atomic mass is 10.1. The van der Waals surface area contributed by atoms with Crippen LogP contribution in [0.25, 0.3) is 0 Å². The highest BCUT2D eigenvalue weighted by atomic mass is 16.5. The summed E-state index contributed by atoms with van der Waals surface area (Å²) < 4.78 is 5.58. The predicted octanol–water partition coefficient (Wildman–Crippen LogP) is 3.18. The predicted molar refractivity (Wildman–Crippen MR) is 66.8 cm³/mol. The second kappa shape index (κ2) is 7.29. The third-order valence-corrected chi connectivity index (χ3v) is 2.54. The number of aryl methyl sites for hydroxylation is 1. The molecular weight excluding hydrogens is 200 g/mol. The summed E-state index contributed by atoms with van der Waals surface area (Å²) in [6, 6.07) is 8.16. The van der Waals surface area contributed by atoms with E-state index in [2.05, 4.69) is 19.1 Å². The van der Waals surface area contributed by atoms with Crippen molar-refractivity contribution in [1.82, 2.24) is 0 Å². The largest absolute Gasteiger partial charge is 0.494 e. The Hall–Kier alpha value is -1.02. The van der Waals surface area contributed by atoms with Gasteiger partial charge in [0.1, 0.15) is 5.75 Å². The minimum absolute atomic E-state index is 0.222. The van der Waals surface area contributed by atoms with E-state index in [0.29, 0.717) is 0 Å². The summed E-state index contributed by atoms with van der Waals surface area (Å²) >= 11 is 0. The molecular formula is C14H22O2. The number of hydrogen-bond donors (Lipinski definition) is 1. The summed E-state index contributed by atoms with van der Waals surface area (Å²) in [4.78, 5) is 0. The normalized spacial score (nSPS) is 12.4. The van der Waals surface area contributed by atoms with Crippen LogP contribution in [0.4, 0.5) is 0 Å². The summed E-state index contributed by atoms with van der Waals surface area (Å²) in [5.74, 6) is 0.939. The smallest absolute Gasteiger partial charge is 0.119 e. The van der Waals surface area contributed by atoms with Gasteiger partial charge in [-0.1, -0.05) is 25.5 Å². The molecule has 0 aromatic heterocycles. The topological polar surface area (TPSA) is 29.5 Å². The van der Waals surface area contributed by atoms with Crippen molar-refractivity contribution in [2.45, 2.75) is 45.6 Å². The minimum Gasteiger partial charge on any atom is -0.494 e. The Morgan fingerprint density at radius 3 is 2.50 bits per heavy atom. The highest BCUT2D eigenvalue weighted by Gasteiger charge is 1.99. The molecule has 0 aliphatic carbocycles. The van der Waals surface area contributed by atoms with Crippen molar-refractivity contribution < 1.29 is 9.84 Å². The third-order valence-electron chi connectivity index (χ3n) is 2.54. The van der Waals surface area contributed by atoms with Gasteiger partial charge in [0.15, 0.2) is 0 Å². The number of benzene rings is 1. The Bertz CT molecular complexity index is 277.